The minimum Gasteiger partial charge on any atom is -0.492 e. The van der Waals surface area contributed by atoms with Gasteiger partial charge in [-0.05, 0) is 57.4 Å². The number of carbonyl (C=O) groups excluding carboxylic acids is 2. The molecule has 0 N–H and O–H groups in total. The number of benzene rings is 1. The van der Waals surface area contributed by atoms with Crippen molar-refractivity contribution in [1.29, 1.82) is 0 Å². The Bertz CT molecular complexity index is 639. The molecular weight excluding hydrogens is 342 g/mol. The van der Waals surface area contributed by atoms with Crippen molar-refractivity contribution in [3.8, 4) is 5.75 Å². The molecule has 0 bridgehead atoms. The molecule has 0 spiro atoms. The summed E-state index contributed by atoms with van der Waals surface area (Å²) in [7, 11) is 1.75. The number of carbonyl (C=O) groups is 2. The average Bonchev–Trinajstić information content (AvgIpc) is 2.51. The van der Waals surface area contributed by atoms with Crippen LogP contribution in [-0.4, -0.2) is 42.6 Å². The molecule has 138 valence electrons. The molecule has 1 heterocycles. The van der Waals surface area contributed by atoms with Gasteiger partial charge in [-0.1, -0.05) is 11.6 Å². The molecular formula is C19H26ClNO4. The van der Waals surface area contributed by atoms with Gasteiger partial charge in [-0.25, -0.2) is 0 Å². The summed E-state index contributed by atoms with van der Waals surface area (Å²) >= 11 is 6.02. The van der Waals surface area contributed by atoms with Gasteiger partial charge in [0.25, 0.3) is 0 Å². The predicted molar refractivity (Wildman–Crippen MR) is 96.9 cm³/mol. The first-order chi connectivity index (χ1) is 11.7. The second kappa shape index (κ2) is 8.09. The highest BCUT2D eigenvalue weighted by Crippen LogP contribution is 2.30. The van der Waals surface area contributed by atoms with Crippen LogP contribution in [0, 0.1) is 5.92 Å². The highest BCUT2D eigenvalue weighted by Gasteiger charge is 2.28. The van der Waals surface area contributed by atoms with E-state index in [1.54, 1.807) is 18.0 Å². The van der Waals surface area contributed by atoms with E-state index in [1.807, 2.05) is 32.9 Å². The van der Waals surface area contributed by atoms with E-state index >= 15 is 0 Å². The van der Waals surface area contributed by atoms with Crippen LogP contribution in [0.25, 0.3) is 0 Å². The van der Waals surface area contributed by atoms with Crippen LogP contribution in [-0.2, 0) is 20.7 Å². The van der Waals surface area contributed by atoms with Gasteiger partial charge in [-0.2, -0.15) is 0 Å². The monoisotopic (exact) mass is 367 g/mol. The van der Waals surface area contributed by atoms with E-state index in [0.29, 0.717) is 37.4 Å². The Morgan fingerprint density at radius 2 is 2.08 bits per heavy atom. The lowest BCUT2D eigenvalue weighted by Gasteiger charge is -2.28. The van der Waals surface area contributed by atoms with Crippen LogP contribution >= 0.6 is 11.6 Å². The number of ether oxygens (including phenoxy) is 2. The first kappa shape index (κ1) is 19.6. The first-order valence-corrected chi connectivity index (χ1v) is 8.91. The van der Waals surface area contributed by atoms with Crippen LogP contribution in [0.5, 0.6) is 5.75 Å². The smallest absolute Gasteiger partial charge is 0.306 e. The molecule has 0 radical (unpaired) electrons. The van der Waals surface area contributed by atoms with E-state index in [1.165, 1.54) is 0 Å². The largest absolute Gasteiger partial charge is 0.492 e. The highest BCUT2D eigenvalue weighted by molar-refractivity contribution is 6.30. The number of halogens is 1. The van der Waals surface area contributed by atoms with Crippen molar-refractivity contribution in [2.75, 3.05) is 20.2 Å². The number of esters is 1. The molecule has 1 aliphatic heterocycles. The number of hydrogen-bond acceptors (Lipinski definition) is 4. The lowest BCUT2D eigenvalue weighted by atomic mass is 9.95. The fourth-order valence-electron chi connectivity index (χ4n) is 2.80. The predicted octanol–water partition coefficient (Wildman–Crippen LogP) is 3.47. The second-order valence-electron chi connectivity index (χ2n) is 7.41. The first-order valence-electron chi connectivity index (χ1n) is 8.54. The van der Waals surface area contributed by atoms with E-state index in [9.17, 15) is 9.59 Å². The average molecular weight is 368 g/mol. The quantitative estimate of drug-likeness (QED) is 0.748. The number of nitrogens with zero attached hydrogens (tertiary/aromatic N) is 1. The van der Waals surface area contributed by atoms with E-state index in [0.717, 1.165) is 11.3 Å². The van der Waals surface area contributed by atoms with Gasteiger partial charge < -0.3 is 14.4 Å². The zero-order chi connectivity index (χ0) is 18.6. The number of hydrogen-bond donors (Lipinski definition) is 0. The minimum atomic E-state index is -0.479. The lowest BCUT2D eigenvalue weighted by molar-refractivity contribution is -0.155. The molecule has 0 saturated heterocycles. The Labute approximate surface area is 154 Å². The fraction of sp³-hybridized carbons (Fsp3) is 0.579. The molecule has 1 aromatic rings. The molecule has 0 aromatic heterocycles. The molecule has 1 unspecified atom stereocenters. The summed E-state index contributed by atoms with van der Waals surface area (Å²) in [5, 5.41) is 0.640. The van der Waals surface area contributed by atoms with Crippen LogP contribution in [0.2, 0.25) is 5.02 Å². The summed E-state index contributed by atoms with van der Waals surface area (Å²) < 4.78 is 11.0. The minimum absolute atomic E-state index is 0.0230. The van der Waals surface area contributed by atoms with Crippen LogP contribution in [0.4, 0.5) is 0 Å². The molecule has 1 atom stereocenters. The molecule has 1 aliphatic rings. The van der Waals surface area contributed by atoms with E-state index in [2.05, 4.69) is 0 Å². The van der Waals surface area contributed by atoms with Crippen molar-refractivity contribution in [3.63, 3.8) is 0 Å². The van der Waals surface area contributed by atoms with E-state index in [-0.39, 0.29) is 17.8 Å². The van der Waals surface area contributed by atoms with Crippen molar-refractivity contribution in [1.82, 2.24) is 4.90 Å². The van der Waals surface area contributed by atoms with E-state index in [4.69, 9.17) is 21.1 Å². The van der Waals surface area contributed by atoms with Crippen molar-refractivity contribution in [3.05, 3.63) is 28.8 Å². The molecule has 0 fully saturated rings. The maximum atomic E-state index is 12.6. The maximum absolute atomic E-state index is 12.6. The topological polar surface area (TPSA) is 55.8 Å². The van der Waals surface area contributed by atoms with Gasteiger partial charge in [0.15, 0.2) is 0 Å². The molecule has 0 saturated carbocycles. The Hall–Kier alpha value is -1.75. The summed E-state index contributed by atoms with van der Waals surface area (Å²) in [5.74, 6) is 0.353. The van der Waals surface area contributed by atoms with Crippen molar-refractivity contribution < 1.29 is 19.1 Å². The maximum Gasteiger partial charge on any atom is 0.306 e. The Morgan fingerprint density at radius 3 is 2.76 bits per heavy atom. The molecule has 25 heavy (non-hydrogen) atoms. The van der Waals surface area contributed by atoms with Gasteiger partial charge in [0.2, 0.25) is 5.91 Å². The van der Waals surface area contributed by atoms with Crippen molar-refractivity contribution >= 4 is 23.5 Å². The van der Waals surface area contributed by atoms with Crippen LogP contribution < -0.4 is 4.74 Å². The number of fused-ring (bicyclic) bond motifs is 1. The third kappa shape index (κ3) is 5.92. The van der Waals surface area contributed by atoms with Crippen molar-refractivity contribution in [2.24, 2.45) is 5.92 Å². The standard InChI is InChI=1S/C19H26ClNO4/c1-19(2,3)25-17(22)6-5-9-21(4)18(23)14-10-13-11-15(20)7-8-16(13)24-12-14/h7-8,11,14H,5-6,9-10,12H2,1-4H3. The third-order valence-electron chi connectivity index (χ3n) is 3.95. The number of rotatable bonds is 5. The van der Waals surface area contributed by atoms with Gasteiger partial charge in [-0.3, -0.25) is 9.59 Å². The van der Waals surface area contributed by atoms with E-state index < -0.39 is 5.60 Å². The summed E-state index contributed by atoms with van der Waals surface area (Å²) in [6, 6.07) is 5.47. The normalized spacial score (nSPS) is 16.6. The summed E-state index contributed by atoms with van der Waals surface area (Å²) in [5.41, 5.74) is 0.478. The van der Waals surface area contributed by atoms with Gasteiger partial charge in [0.05, 0.1) is 5.92 Å². The Kier molecular flexibility index (Phi) is 6.33. The Balaban J connectivity index is 1.81. The molecule has 2 rings (SSSR count). The van der Waals surface area contributed by atoms with Crippen LogP contribution in [0.1, 0.15) is 39.2 Å². The van der Waals surface area contributed by atoms with Gasteiger partial charge in [-0.15, -0.1) is 0 Å². The third-order valence-corrected chi connectivity index (χ3v) is 4.18. The van der Waals surface area contributed by atoms with Crippen LogP contribution in [0.3, 0.4) is 0 Å². The zero-order valence-corrected chi connectivity index (χ0v) is 16.1. The van der Waals surface area contributed by atoms with Crippen LogP contribution in [0.15, 0.2) is 18.2 Å². The number of amides is 1. The molecule has 1 amide bonds. The zero-order valence-electron chi connectivity index (χ0n) is 15.3. The fourth-order valence-corrected chi connectivity index (χ4v) is 2.99. The SMILES string of the molecule is CN(CCCC(=O)OC(C)(C)C)C(=O)C1COc2ccc(Cl)cc2C1. The van der Waals surface area contributed by atoms with Gasteiger partial charge >= 0.3 is 5.97 Å². The molecule has 0 aliphatic carbocycles. The van der Waals surface area contributed by atoms with Crippen molar-refractivity contribution in [2.45, 2.75) is 45.6 Å². The summed E-state index contributed by atoms with van der Waals surface area (Å²) in [4.78, 5) is 26.0. The van der Waals surface area contributed by atoms with Gasteiger partial charge in [0.1, 0.15) is 18.0 Å². The second-order valence-corrected chi connectivity index (χ2v) is 7.85. The van der Waals surface area contributed by atoms with Gasteiger partial charge in [0, 0.05) is 25.0 Å². The molecule has 1 aromatic carbocycles. The lowest BCUT2D eigenvalue weighted by Crippen LogP contribution is -2.39. The summed E-state index contributed by atoms with van der Waals surface area (Å²) in [6.45, 7) is 6.40. The Morgan fingerprint density at radius 1 is 1.36 bits per heavy atom. The molecule has 5 nitrogen and oxygen atoms in total. The highest BCUT2D eigenvalue weighted by atomic mass is 35.5. The molecule has 6 heteroatoms. The summed E-state index contributed by atoms with van der Waals surface area (Å²) in [6.07, 6.45) is 1.49.